The molecule has 0 aromatic rings. The van der Waals surface area contributed by atoms with E-state index in [1.165, 1.54) is 225 Å². The van der Waals surface area contributed by atoms with Gasteiger partial charge in [-0.3, -0.25) is 0 Å². The minimum absolute atomic E-state index is 0.640. The van der Waals surface area contributed by atoms with E-state index in [9.17, 15) is 0 Å². The van der Waals surface area contributed by atoms with Crippen molar-refractivity contribution in [1.82, 2.24) is 9.80 Å². The second kappa shape index (κ2) is 32.7. The summed E-state index contributed by atoms with van der Waals surface area (Å²) in [6.07, 6.45) is 52.9. The Hall–Kier alpha value is -0.660. The van der Waals surface area contributed by atoms with Gasteiger partial charge in [-0.05, 0) is 25.7 Å². The number of rotatable bonds is 35. The topological polar surface area (TPSA) is 6.48 Å². The molecule has 0 N–H and O–H groups in total. The summed E-state index contributed by atoms with van der Waals surface area (Å²) < 4.78 is 0. The number of unbranched alkanes of at least 4 members (excludes halogenated alkanes) is 29. The van der Waals surface area contributed by atoms with Crippen LogP contribution in [-0.2, 0) is 0 Å². The normalized spacial score (nSPS) is 14.9. The number of hydrogen-bond acceptors (Lipinski definition) is 2. The molecule has 0 spiro atoms. The second-order valence-electron chi connectivity index (χ2n) is 14.3. The van der Waals surface area contributed by atoms with Gasteiger partial charge in [-0.1, -0.05) is 207 Å². The first-order chi connectivity index (χ1) is 21.3. The van der Waals surface area contributed by atoms with Gasteiger partial charge in [0.05, 0.1) is 0 Å². The molecule has 256 valence electrons. The molecule has 0 radical (unpaired) electrons. The monoisotopic (exact) mass is 603 g/mol. The van der Waals surface area contributed by atoms with Crippen molar-refractivity contribution in [3.05, 3.63) is 12.4 Å². The van der Waals surface area contributed by atoms with Crippen molar-refractivity contribution < 1.29 is 0 Å². The summed E-state index contributed by atoms with van der Waals surface area (Å²) in [5, 5.41) is 0. The van der Waals surface area contributed by atoms with Gasteiger partial charge in [-0.25, -0.2) is 0 Å². The van der Waals surface area contributed by atoms with Crippen LogP contribution in [0.3, 0.4) is 0 Å². The van der Waals surface area contributed by atoms with Gasteiger partial charge in [0.1, 0.15) is 6.17 Å². The van der Waals surface area contributed by atoms with Gasteiger partial charge in [-0.15, -0.1) is 0 Å². The van der Waals surface area contributed by atoms with Gasteiger partial charge in [0.2, 0.25) is 0 Å². The van der Waals surface area contributed by atoms with Crippen molar-refractivity contribution in [2.24, 2.45) is 0 Å². The molecular weight excluding hydrogens is 520 g/mol. The van der Waals surface area contributed by atoms with Crippen molar-refractivity contribution >= 4 is 0 Å². The third-order valence-corrected chi connectivity index (χ3v) is 10.1. The lowest BCUT2D eigenvalue weighted by atomic mass is 10.0. The van der Waals surface area contributed by atoms with Crippen LogP contribution in [0.5, 0.6) is 0 Å². The van der Waals surface area contributed by atoms with Gasteiger partial charge in [0.25, 0.3) is 0 Å². The fraction of sp³-hybridized carbons (Fsp3) is 0.951. The minimum Gasteiger partial charge on any atom is -0.356 e. The molecule has 1 aliphatic heterocycles. The zero-order valence-electron chi connectivity index (χ0n) is 30.4. The molecule has 0 amide bonds. The predicted molar refractivity (Wildman–Crippen MR) is 196 cm³/mol. The third-order valence-electron chi connectivity index (χ3n) is 10.1. The highest BCUT2D eigenvalue weighted by atomic mass is 15.4. The van der Waals surface area contributed by atoms with Gasteiger partial charge >= 0.3 is 0 Å². The predicted octanol–water partition coefficient (Wildman–Crippen LogP) is 14.3. The Morgan fingerprint density at radius 1 is 0.302 bits per heavy atom. The summed E-state index contributed by atoms with van der Waals surface area (Å²) in [7, 11) is 0. The first kappa shape index (κ1) is 40.4. The highest BCUT2D eigenvalue weighted by Gasteiger charge is 2.24. The van der Waals surface area contributed by atoms with Crippen LogP contribution in [-0.4, -0.2) is 29.1 Å². The van der Waals surface area contributed by atoms with Crippen LogP contribution in [0.4, 0.5) is 0 Å². The van der Waals surface area contributed by atoms with Crippen LogP contribution in [0.2, 0.25) is 0 Å². The maximum Gasteiger partial charge on any atom is 0.101 e. The van der Waals surface area contributed by atoms with Crippen LogP contribution in [0, 0.1) is 0 Å². The molecule has 43 heavy (non-hydrogen) atoms. The fourth-order valence-electron chi connectivity index (χ4n) is 7.07. The van der Waals surface area contributed by atoms with Gasteiger partial charge < -0.3 is 9.80 Å². The quantitative estimate of drug-likeness (QED) is 0.0666. The zero-order valence-corrected chi connectivity index (χ0v) is 30.4. The summed E-state index contributed by atoms with van der Waals surface area (Å²) in [4.78, 5) is 5.42. The Kier molecular flexibility index (Phi) is 30.7. The molecule has 0 saturated heterocycles. The molecule has 1 heterocycles. The highest BCUT2D eigenvalue weighted by molar-refractivity contribution is 4.97. The molecule has 1 atom stereocenters. The summed E-state index contributed by atoms with van der Waals surface area (Å²) in [6.45, 7) is 9.48. The molecule has 1 unspecified atom stereocenters. The summed E-state index contributed by atoms with van der Waals surface area (Å²) in [5.41, 5.74) is 0. The standard InChI is InChI=1S/C41H82N2/c1-4-7-10-13-15-17-19-21-22-23-25-27-29-32-35-38-43-40-39-42(37-34-31-12-9-6-3)41(43)36-33-30-28-26-24-20-18-16-14-11-8-5-2/h39-41H,4-38H2,1-3H3. The largest absolute Gasteiger partial charge is 0.356 e. The fourth-order valence-corrected chi connectivity index (χ4v) is 7.07. The van der Waals surface area contributed by atoms with E-state index >= 15 is 0 Å². The second-order valence-corrected chi connectivity index (χ2v) is 14.3. The molecule has 1 aliphatic rings. The smallest absolute Gasteiger partial charge is 0.101 e. The molecule has 1 rings (SSSR count). The maximum atomic E-state index is 2.72. The van der Waals surface area contributed by atoms with Crippen molar-refractivity contribution in [2.45, 2.75) is 239 Å². The van der Waals surface area contributed by atoms with Crippen LogP contribution >= 0.6 is 0 Å². The van der Waals surface area contributed by atoms with Crippen LogP contribution in [0.25, 0.3) is 0 Å². The molecule has 0 aliphatic carbocycles. The van der Waals surface area contributed by atoms with Crippen LogP contribution in [0.15, 0.2) is 12.4 Å². The average Bonchev–Trinajstić information content (AvgIpc) is 3.40. The van der Waals surface area contributed by atoms with E-state index in [1.807, 2.05) is 0 Å². The number of nitrogens with zero attached hydrogens (tertiary/aromatic N) is 2. The molecule has 2 nitrogen and oxygen atoms in total. The van der Waals surface area contributed by atoms with Crippen LogP contribution < -0.4 is 0 Å². The molecular formula is C41H82N2. The van der Waals surface area contributed by atoms with E-state index in [0.29, 0.717) is 6.17 Å². The number of hydrogen-bond donors (Lipinski definition) is 0. The molecule has 0 aromatic carbocycles. The Morgan fingerprint density at radius 2 is 0.535 bits per heavy atom. The lowest BCUT2D eigenvalue weighted by molar-refractivity contribution is 0.135. The van der Waals surface area contributed by atoms with Crippen LogP contribution in [0.1, 0.15) is 233 Å². The Balaban J connectivity index is 2.13. The average molecular weight is 603 g/mol. The first-order valence-electron chi connectivity index (χ1n) is 20.5. The SMILES string of the molecule is CCCCCCCCCCCCCCCCCN1C=CN(CCCCCCC)C1CCCCCCCCCCCCCC. The first-order valence-corrected chi connectivity index (χ1v) is 20.5. The van der Waals surface area contributed by atoms with E-state index < -0.39 is 0 Å². The van der Waals surface area contributed by atoms with Crippen molar-refractivity contribution in [3.63, 3.8) is 0 Å². The zero-order chi connectivity index (χ0) is 30.9. The van der Waals surface area contributed by atoms with E-state index in [4.69, 9.17) is 0 Å². The molecule has 0 bridgehead atoms. The van der Waals surface area contributed by atoms with Gasteiger partial charge in [0, 0.05) is 25.5 Å². The Morgan fingerprint density at radius 3 is 0.814 bits per heavy atom. The molecule has 0 fully saturated rings. The Labute approximate surface area is 273 Å². The van der Waals surface area contributed by atoms with Gasteiger partial charge in [-0.2, -0.15) is 0 Å². The summed E-state index contributed by atoms with van der Waals surface area (Å²) >= 11 is 0. The van der Waals surface area contributed by atoms with E-state index in [-0.39, 0.29) is 0 Å². The summed E-state index contributed by atoms with van der Waals surface area (Å²) in [6, 6.07) is 0. The Bertz CT molecular complexity index is 558. The molecule has 0 aromatic heterocycles. The third kappa shape index (κ3) is 25.2. The molecule has 0 saturated carbocycles. The van der Waals surface area contributed by atoms with E-state index in [1.54, 1.807) is 0 Å². The van der Waals surface area contributed by atoms with Crippen molar-refractivity contribution in [3.8, 4) is 0 Å². The van der Waals surface area contributed by atoms with Gasteiger partial charge in [0.15, 0.2) is 0 Å². The minimum atomic E-state index is 0.640. The van der Waals surface area contributed by atoms with Crippen molar-refractivity contribution in [1.29, 1.82) is 0 Å². The summed E-state index contributed by atoms with van der Waals surface area (Å²) in [5.74, 6) is 0. The lowest BCUT2D eigenvalue weighted by Crippen LogP contribution is -2.39. The molecule has 2 heteroatoms. The van der Waals surface area contributed by atoms with E-state index in [2.05, 4.69) is 43.0 Å². The van der Waals surface area contributed by atoms with Crippen molar-refractivity contribution in [2.75, 3.05) is 13.1 Å². The maximum absolute atomic E-state index is 2.72. The lowest BCUT2D eigenvalue weighted by Gasteiger charge is -2.33. The van der Waals surface area contributed by atoms with E-state index in [0.717, 1.165) is 0 Å². The highest BCUT2D eigenvalue weighted by Crippen LogP contribution is 2.24.